The van der Waals surface area contributed by atoms with E-state index in [1.165, 1.54) is 17.7 Å². The van der Waals surface area contributed by atoms with E-state index in [-0.39, 0.29) is 0 Å². The van der Waals surface area contributed by atoms with Crippen molar-refractivity contribution in [3.63, 3.8) is 0 Å². The molecule has 0 bridgehead atoms. The van der Waals surface area contributed by atoms with Crippen molar-refractivity contribution in [2.45, 2.75) is 32.2 Å². The van der Waals surface area contributed by atoms with Gasteiger partial charge in [-0.1, -0.05) is 11.6 Å². The first-order valence-electron chi connectivity index (χ1n) is 8.53. The van der Waals surface area contributed by atoms with Crippen molar-refractivity contribution >= 4 is 28.8 Å². The number of piperidine rings is 1. The number of carbonyl (C=O) groups is 1. The average Bonchev–Trinajstić information content (AvgIpc) is 2.99. The summed E-state index contributed by atoms with van der Waals surface area (Å²) in [7, 11) is 0. The first-order chi connectivity index (χ1) is 11.2. The molecule has 2 fully saturated rings. The number of thiophene rings is 1. The lowest BCUT2D eigenvalue weighted by Gasteiger charge is -2.33. The first kappa shape index (κ1) is 17.2. The molecule has 0 aromatic carbocycles. The molecule has 1 unspecified atom stereocenters. The minimum Gasteiger partial charge on any atom is -0.378 e. The fourth-order valence-corrected chi connectivity index (χ4v) is 4.62. The standard InChI is InChI=1S/C17H25ClN2O2S/c18-16-5-4-15(23-16)13-19-7-1-2-14(12-19)3-6-17(21)20-8-10-22-11-9-20/h4-5,14H,1-3,6-13H2. The van der Waals surface area contributed by atoms with Gasteiger partial charge in [0.05, 0.1) is 17.6 Å². The van der Waals surface area contributed by atoms with Gasteiger partial charge in [0, 0.05) is 37.5 Å². The number of rotatable bonds is 5. The van der Waals surface area contributed by atoms with Crippen LogP contribution in [0.15, 0.2) is 12.1 Å². The first-order valence-corrected chi connectivity index (χ1v) is 9.72. The highest BCUT2D eigenvalue weighted by Crippen LogP contribution is 2.26. The molecule has 4 nitrogen and oxygen atoms in total. The molecule has 3 heterocycles. The second kappa shape index (κ2) is 8.47. The number of hydrogen-bond acceptors (Lipinski definition) is 4. The second-order valence-electron chi connectivity index (χ2n) is 6.48. The highest BCUT2D eigenvalue weighted by molar-refractivity contribution is 7.16. The van der Waals surface area contributed by atoms with E-state index in [0.717, 1.165) is 43.5 Å². The van der Waals surface area contributed by atoms with Gasteiger partial charge in [0.25, 0.3) is 0 Å². The third-order valence-corrected chi connectivity index (χ3v) is 5.96. The largest absolute Gasteiger partial charge is 0.378 e. The summed E-state index contributed by atoms with van der Waals surface area (Å²) in [5.74, 6) is 0.944. The monoisotopic (exact) mass is 356 g/mol. The van der Waals surface area contributed by atoms with Gasteiger partial charge >= 0.3 is 0 Å². The van der Waals surface area contributed by atoms with E-state index in [2.05, 4.69) is 11.0 Å². The Morgan fingerprint density at radius 3 is 2.87 bits per heavy atom. The molecule has 2 saturated heterocycles. The predicted molar refractivity (Wildman–Crippen MR) is 94.0 cm³/mol. The van der Waals surface area contributed by atoms with E-state index in [1.54, 1.807) is 11.3 Å². The lowest BCUT2D eigenvalue weighted by Crippen LogP contribution is -2.41. The van der Waals surface area contributed by atoms with Crippen LogP contribution < -0.4 is 0 Å². The fourth-order valence-electron chi connectivity index (χ4n) is 3.49. The van der Waals surface area contributed by atoms with Crippen LogP contribution in [0, 0.1) is 5.92 Å². The Hall–Kier alpha value is -0.620. The SMILES string of the molecule is O=C(CCC1CCCN(Cc2ccc(Cl)s2)C1)N1CCOCC1. The maximum Gasteiger partial charge on any atom is 0.222 e. The summed E-state index contributed by atoms with van der Waals surface area (Å²) in [6.07, 6.45) is 4.18. The summed E-state index contributed by atoms with van der Waals surface area (Å²) >= 11 is 7.68. The van der Waals surface area contributed by atoms with Gasteiger partial charge in [-0.15, -0.1) is 11.3 Å². The third-order valence-electron chi connectivity index (χ3n) is 4.74. The van der Waals surface area contributed by atoms with Gasteiger partial charge in [0.15, 0.2) is 0 Å². The van der Waals surface area contributed by atoms with Crippen LogP contribution in [0.5, 0.6) is 0 Å². The van der Waals surface area contributed by atoms with Crippen LogP contribution in [0.1, 0.15) is 30.6 Å². The molecular weight excluding hydrogens is 332 g/mol. The molecule has 2 aliphatic rings. The molecule has 2 aliphatic heterocycles. The summed E-state index contributed by atoms with van der Waals surface area (Å²) < 4.78 is 6.17. The molecule has 0 N–H and O–H groups in total. The van der Waals surface area contributed by atoms with Gasteiger partial charge in [-0.25, -0.2) is 0 Å². The zero-order valence-electron chi connectivity index (χ0n) is 13.5. The van der Waals surface area contributed by atoms with Crippen LogP contribution in [-0.4, -0.2) is 55.1 Å². The Labute approximate surface area is 147 Å². The van der Waals surface area contributed by atoms with Gasteiger partial charge in [-0.05, 0) is 43.9 Å². The van der Waals surface area contributed by atoms with Crippen molar-refractivity contribution in [3.05, 3.63) is 21.3 Å². The van der Waals surface area contributed by atoms with E-state index >= 15 is 0 Å². The van der Waals surface area contributed by atoms with Gasteiger partial charge in [0.2, 0.25) is 5.91 Å². The smallest absolute Gasteiger partial charge is 0.222 e. The summed E-state index contributed by atoms with van der Waals surface area (Å²) in [6, 6.07) is 4.10. The lowest BCUT2D eigenvalue weighted by molar-refractivity contribution is -0.135. The molecule has 0 radical (unpaired) electrons. The van der Waals surface area contributed by atoms with Crippen molar-refractivity contribution in [1.82, 2.24) is 9.80 Å². The van der Waals surface area contributed by atoms with Crippen molar-refractivity contribution < 1.29 is 9.53 Å². The number of nitrogens with zero attached hydrogens (tertiary/aromatic N) is 2. The molecule has 1 atom stereocenters. The maximum absolute atomic E-state index is 12.3. The van der Waals surface area contributed by atoms with Crippen molar-refractivity contribution in [3.8, 4) is 0 Å². The Kier molecular flexibility index (Phi) is 6.34. The van der Waals surface area contributed by atoms with Gasteiger partial charge in [0.1, 0.15) is 0 Å². The molecule has 0 saturated carbocycles. The van der Waals surface area contributed by atoms with Crippen molar-refractivity contribution in [1.29, 1.82) is 0 Å². The quantitative estimate of drug-likeness (QED) is 0.811. The van der Waals surface area contributed by atoms with E-state index < -0.39 is 0 Å². The summed E-state index contributed by atoms with van der Waals surface area (Å²) in [5, 5.41) is 0. The van der Waals surface area contributed by atoms with Crippen LogP contribution in [0.4, 0.5) is 0 Å². The van der Waals surface area contributed by atoms with Gasteiger partial charge in [-0.3, -0.25) is 9.69 Å². The predicted octanol–water partition coefficient (Wildman–Crippen LogP) is 3.25. The topological polar surface area (TPSA) is 32.8 Å². The minimum atomic E-state index is 0.301. The fraction of sp³-hybridized carbons (Fsp3) is 0.706. The average molecular weight is 357 g/mol. The second-order valence-corrected chi connectivity index (χ2v) is 8.28. The zero-order chi connectivity index (χ0) is 16.1. The minimum absolute atomic E-state index is 0.301. The third kappa shape index (κ3) is 5.18. The lowest BCUT2D eigenvalue weighted by atomic mass is 9.93. The van der Waals surface area contributed by atoms with E-state index in [1.807, 2.05) is 11.0 Å². The molecule has 0 spiro atoms. The molecule has 0 aliphatic carbocycles. The highest BCUT2D eigenvalue weighted by atomic mass is 35.5. The van der Waals surface area contributed by atoms with E-state index in [9.17, 15) is 4.79 Å². The Morgan fingerprint density at radius 1 is 1.30 bits per heavy atom. The van der Waals surface area contributed by atoms with Crippen LogP contribution in [0.2, 0.25) is 4.34 Å². The molecular formula is C17H25ClN2O2S. The van der Waals surface area contributed by atoms with Crippen LogP contribution in [0.3, 0.4) is 0 Å². The Balaban J connectivity index is 1.42. The van der Waals surface area contributed by atoms with Crippen molar-refractivity contribution in [2.24, 2.45) is 5.92 Å². The molecule has 3 rings (SSSR count). The zero-order valence-corrected chi connectivity index (χ0v) is 15.1. The number of hydrogen-bond donors (Lipinski definition) is 0. The Morgan fingerprint density at radius 2 is 2.13 bits per heavy atom. The highest BCUT2D eigenvalue weighted by Gasteiger charge is 2.23. The molecule has 23 heavy (non-hydrogen) atoms. The van der Waals surface area contributed by atoms with Gasteiger partial charge < -0.3 is 9.64 Å². The normalized spacial score (nSPS) is 23.2. The van der Waals surface area contributed by atoms with Crippen LogP contribution in [-0.2, 0) is 16.1 Å². The van der Waals surface area contributed by atoms with Crippen LogP contribution in [0.25, 0.3) is 0 Å². The number of likely N-dealkylation sites (tertiary alicyclic amines) is 1. The van der Waals surface area contributed by atoms with Crippen molar-refractivity contribution in [2.75, 3.05) is 39.4 Å². The van der Waals surface area contributed by atoms with E-state index in [4.69, 9.17) is 16.3 Å². The Bertz CT molecular complexity index is 516. The number of halogens is 1. The molecule has 6 heteroatoms. The summed E-state index contributed by atoms with van der Waals surface area (Å²) in [4.78, 5) is 18.1. The van der Waals surface area contributed by atoms with E-state index in [0.29, 0.717) is 31.5 Å². The molecule has 1 aromatic heterocycles. The number of ether oxygens (including phenoxy) is 1. The molecule has 128 valence electrons. The number of carbonyl (C=O) groups excluding carboxylic acids is 1. The maximum atomic E-state index is 12.3. The molecule has 1 aromatic rings. The van der Waals surface area contributed by atoms with Crippen LogP contribution >= 0.6 is 22.9 Å². The summed E-state index contributed by atoms with van der Waals surface area (Å²) in [6.45, 7) is 6.14. The van der Waals surface area contributed by atoms with Gasteiger partial charge in [-0.2, -0.15) is 0 Å². The number of morpholine rings is 1. The molecule has 1 amide bonds. The summed E-state index contributed by atoms with van der Waals surface area (Å²) in [5.41, 5.74) is 0. The number of amides is 1.